The van der Waals surface area contributed by atoms with Gasteiger partial charge in [-0.3, -0.25) is 0 Å². The van der Waals surface area contributed by atoms with E-state index >= 15 is 0 Å². The molecular weight excluding hydrogens is 474 g/mol. The first-order valence-corrected chi connectivity index (χ1v) is 13.1. The van der Waals surface area contributed by atoms with E-state index in [-0.39, 0.29) is 5.92 Å². The number of aromatic nitrogens is 1. The summed E-state index contributed by atoms with van der Waals surface area (Å²) in [6, 6.07) is 17.0. The maximum absolute atomic E-state index is 12.0. The average Bonchev–Trinajstić information content (AvgIpc) is 3.35. The molecule has 2 aromatic carbocycles. The molecule has 190 valence electrons. The Bertz CT molecular complexity index is 1180. The molecule has 6 nitrogen and oxygen atoms in total. The smallest absolute Gasteiger partial charge is 0.231 e. The molecule has 0 aliphatic heterocycles. The van der Waals surface area contributed by atoms with Crippen LogP contribution >= 0.6 is 11.6 Å². The van der Waals surface area contributed by atoms with Gasteiger partial charge in [0, 0.05) is 18.4 Å². The van der Waals surface area contributed by atoms with Gasteiger partial charge < -0.3 is 18.7 Å². The fourth-order valence-electron chi connectivity index (χ4n) is 5.16. The Labute approximate surface area is 218 Å². The van der Waals surface area contributed by atoms with Crippen LogP contribution in [0.15, 0.2) is 59.1 Å². The van der Waals surface area contributed by atoms with E-state index in [0.717, 1.165) is 50.0 Å². The molecule has 1 aliphatic rings. The van der Waals surface area contributed by atoms with Crippen molar-refractivity contribution in [2.24, 2.45) is 5.92 Å². The zero-order valence-electron chi connectivity index (χ0n) is 21.1. The molecule has 1 atom stereocenters. The largest absolute Gasteiger partial charge is 0.493 e. The number of ether oxygens (including phenoxy) is 1. The van der Waals surface area contributed by atoms with Gasteiger partial charge in [-0.1, -0.05) is 61.2 Å². The number of quaternary nitrogens is 1. The van der Waals surface area contributed by atoms with Gasteiger partial charge in [-0.15, -0.1) is 0 Å². The number of nitriles is 1. The zero-order valence-corrected chi connectivity index (χ0v) is 21.9. The van der Waals surface area contributed by atoms with Gasteiger partial charge in [0.05, 0.1) is 44.0 Å². The molecule has 0 bridgehead atoms. The number of oxazole rings is 1. The lowest BCUT2D eigenvalue weighted by Crippen LogP contribution is -2.40. The molecule has 0 spiro atoms. The molecule has 1 fully saturated rings. The predicted molar refractivity (Wildman–Crippen MR) is 139 cm³/mol. The van der Waals surface area contributed by atoms with Crippen LogP contribution in [-0.4, -0.2) is 41.8 Å². The Balaban J connectivity index is 1.39. The predicted octanol–water partition coefficient (Wildman–Crippen LogP) is 6.06. The molecule has 0 amide bonds. The molecule has 36 heavy (non-hydrogen) atoms. The van der Waals surface area contributed by atoms with Crippen LogP contribution in [0.1, 0.15) is 61.3 Å². The second-order valence-corrected chi connectivity index (χ2v) is 10.8. The summed E-state index contributed by atoms with van der Waals surface area (Å²) in [5.74, 6) is 1.92. The van der Waals surface area contributed by atoms with Gasteiger partial charge in [0.2, 0.25) is 5.89 Å². The first-order valence-electron chi connectivity index (χ1n) is 12.7. The Kier molecular flexibility index (Phi) is 8.35. The van der Waals surface area contributed by atoms with E-state index in [1.165, 1.54) is 6.42 Å². The minimum Gasteiger partial charge on any atom is -0.493 e. The third-order valence-corrected chi connectivity index (χ3v) is 7.42. The zero-order chi connectivity index (χ0) is 25.6. The average molecular weight is 509 g/mol. The molecule has 1 N–H and O–H groups in total. The van der Waals surface area contributed by atoms with E-state index in [1.807, 2.05) is 30.3 Å². The molecule has 1 aromatic heterocycles. The van der Waals surface area contributed by atoms with E-state index < -0.39 is 5.60 Å². The lowest BCUT2D eigenvalue weighted by molar-refractivity contribution is -0.904. The van der Waals surface area contributed by atoms with E-state index in [0.29, 0.717) is 39.9 Å². The summed E-state index contributed by atoms with van der Waals surface area (Å²) in [7, 11) is 4.29. The van der Waals surface area contributed by atoms with Crippen LogP contribution in [0.3, 0.4) is 0 Å². The summed E-state index contributed by atoms with van der Waals surface area (Å²) in [4.78, 5) is 4.60. The van der Waals surface area contributed by atoms with Crippen LogP contribution < -0.4 is 4.74 Å². The topological polar surface area (TPSA) is 79.3 Å². The van der Waals surface area contributed by atoms with E-state index in [4.69, 9.17) is 26.0 Å². The molecule has 1 heterocycles. The number of aliphatic hydroxyl groups is 1. The third kappa shape index (κ3) is 6.10. The van der Waals surface area contributed by atoms with Crippen LogP contribution in [0.5, 0.6) is 5.75 Å². The van der Waals surface area contributed by atoms with Crippen LogP contribution in [0.25, 0.3) is 0 Å². The van der Waals surface area contributed by atoms with Crippen LogP contribution in [0.4, 0.5) is 0 Å². The maximum Gasteiger partial charge on any atom is 0.231 e. The summed E-state index contributed by atoms with van der Waals surface area (Å²) in [6.45, 7) is 2.07. The lowest BCUT2D eigenvalue weighted by Gasteiger charge is -2.36. The van der Waals surface area contributed by atoms with E-state index in [1.54, 1.807) is 24.4 Å². The van der Waals surface area contributed by atoms with Crippen molar-refractivity contribution in [2.75, 3.05) is 27.2 Å². The summed E-state index contributed by atoms with van der Waals surface area (Å²) in [6.07, 6.45) is 7.99. The maximum atomic E-state index is 12.0. The Morgan fingerprint density at radius 1 is 1.17 bits per heavy atom. The van der Waals surface area contributed by atoms with Gasteiger partial charge >= 0.3 is 0 Å². The van der Waals surface area contributed by atoms with Crippen LogP contribution in [0, 0.1) is 17.2 Å². The van der Waals surface area contributed by atoms with Crippen molar-refractivity contribution < 1.29 is 18.7 Å². The van der Waals surface area contributed by atoms with Crippen molar-refractivity contribution in [3.05, 3.63) is 82.5 Å². The standard InChI is InChI=1S/C29H35ClN3O3/c1-33(2,16-9-17-35-25-15-14-22(19-31)27(30)18-25)21-26-20-32-28(36-26)29(34,23-10-5-3-6-11-23)24-12-7-4-8-13-24/h3,5-6,10-11,14-15,18,20,24,34H,4,7-9,12-13,16-17,21H2,1-2H3/q+1. The Morgan fingerprint density at radius 3 is 2.61 bits per heavy atom. The highest BCUT2D eigenvalue weighted by atomic mass is 35.5. The van der Waals surface area contributed by atoms with Crippen LogP contribution in [0.2, 0.25) is 5.02 Å². The summed E-state index contributed by atoms with van der Waals surface area (Å²) in [5.41, 5.74) is 0.0720. The van der Waals surface area contributed by atoms with Crippen molar-refractivity contribution >= 4 is 11.6 Å². The van der Waals surface area contributed by atoms with Crippen molar-refractivity contribution in [3.8, 4) is 11.8 Å². The van der Waals surface area contributed by atoms with Crippen LogP contribution in [-0.2, 0) is 12.1 Å². The third-order valence-electron chi connectivity index (χ3n) is 7.11. The number of halogens is 1. The van der Waals surface area contributed by atoms with E-state index in [9.17, 15) is 5.11 Å². The second kappa shape index (κ2) is 11.5. The van der Waals surface area contributed by atoms with Crippen molar-refractivity contribution in [2.45, 2.75) is 50.7 Å². The number of hydrogen-bond donors (Lipinski definition) is 1. The van der Waals surface area contributed by atoms with Gasteiger partial charge in [0.25, 0.3) is 0 Å². The number of nitrogens with zero attached hydrogens (tertiary/aromatic N) is 3. The molecule has 0 saturated heterocycles. The molecule has 1 unspecified atom stereocenters. The minimum atomic E-state index is -1.21. The fourth-order valence-corrected chi connectivity index (χ4v) is 5.38. The Hall–Kier alpha value is -2.85. The van der Waals surface area contributed by atoms with Crippen molar-refractivity contribution in [1.29, 1.82) is 5.26 Å². The van der Waals surface area contributed by atoms with E-state index in [2.05, 4.69) is 25.1 Å². The molecule has 1 aliphatic carbocycles. The molecule has 3 aromatic rings. The highest BCUT2D eigenvalue weighted by molar-refractivity contribution is 6.31. The minimum absolute atomic E-state index is 0.0931. The molecule has 4 rings (SSSR count). The molecule has 0 radical (unpaired) electrons. The molecule has 7 heteroatoms. The van der Waals surface area contributed by atoms with Gasteiger partial charge in [-0.05, 0) is 30.5 Å². The summed E-state index contributed by atoms with van der Waals surface area (Å²) in [5, 5.41) is 21.4. The molecular formula is C29H35ClN3O3+. The van der Waals surface area contributed by atoms with Crippen molar-refractivity contribution in [1.82, 2.24) is 4.98 Å². The first kappa shape index (κ1) is 26.2. The van der Waals surface area contributed by atoms with Gasteiger partial charge in [-0.25, -0.2) is 4.98 Å². The summed E-state index contributed by atoms with van der Waals surface area (Å²) < 4.78 is 12.8. The normalized spacial score (nSPS) is 16.3. The van der Waals surface area contributed by atoms with Gasteiger partial charge in [0.15, 0.2) is 11.4 Å². The van der Waals surface area contributed by atoms with Gasteiger partial charge in [-0.2, -0.15) is 5.26 Å². The highest BCUT2D eigenvalue weighted by Gasteiger charge is 2.44. The number of benzene rings is 2. The fraction of sp³-hybridized carbons (Fsp3) is 0.448. The summed E-state index contributed by atoms with van der Waals surface area (Å²) >= 11 is 6.09. The SMILES string of the molecule is C[N+](C)(CCCOc1ccc(C#N)c(Cl)c1)Cc1cnc(C(O)(c2ccccc2)C2CCCCC2)o1. The first-order chi connectivity index (χ1) is 17.3. The van der Waals surface area contributed by atoms with Crippen molar-refractivity contribution in [3.63, 3.8) is 0 Å². The monoisotopic (exact) mass is 508 g/mol. The number of hydrogen-bond acceptors (Lipinski definition) is 5. The van der Waals surface area contributed by atoms with Gasteiger partial charge in [0.1, 0.15) is 18.4 Å². The lowest BCUT2D eigenvalue weighted by atomic mass is 9.73. The second-order valence-electron chi connectivity index (χ2n) is 10.4. The number of rotatable bonds is 10. The molecule has 1 saturated carbocycles. The Morgan fingerprint density at radius 2 is 1.92 bits per heavy atom. The highest BCUT2D eigenvalue weighted by Crippen LogP contribution is 2.43. The quantitative estimate of drug-likeness (QED) is 0.266.